The zero-order chi connectivity index (χ0) is 35.3. The fourth-order valence-corrected chi connectivity index (χ4v) is 5.68. The van der Waals surface area contributed by atoms with Gasteiger partial charge in [-0.3, -0.25) is 0 Å². The lowest BCUT2D eigenvalue weighted by Crippen LogP contribution is -2.33. The van der Waals surface area contributed by atoms with Gasteiger partial charge in [0.05, 0.1) is 5.56 Å². The number of aryl methyl sites for hydroxylation is 1. The number of unbranched alkanes of at least 4 members (excludes halogenated alkanes) is 12. The molecule has 0 bridgehead atoms. The third-order valence-corrected chi connectivity index (χ3v) is 8.67. The van der Waals surface area contributed by atoms with Crippen LogP contribution >= 0.6 is 0 Å². The van der Waals surface area contributed by atoms with Crippen molar-refractivity contribution in [3.63, 3.8) is 0 Å². The van der Waals surface area contributed by atoms with Crippen LogP contribution in [-0.2, 0) is 16.0 Å². The van der Waals surface area contributed by atoms with Crippen LogP contribution in [0.5, 0.6) is 5.75 Å². The van der Waals surface area contributed by atoms with Gasteiger partial charge in [-0.2, -0.15) is 13.2 Å². The van der Waals surface area contributed by atoms with Gasteiger partial charge in [-0.1, -0.05) is 139 Å². The molecular weight excluding hydrogens is 625 g/mol. The summed E-state index contributed by atoms with van der Waals surface area (Å²) >= 11 is 0. The van der Waals surface area contributed by atoms with Crippen LogP contribution in [0, 0.1) is 0 Å². The summed E-state index contributed by atoms with van der Waals surface area (Å²) in [5.74, 6) is -1.26. The highest BCUT2D eigenvalue weighted by Gasteiger charge is 2.42. The van der Waals surface area contributed by atoms with Gasteiger partial charge in [0.2, 0.25) is 0 Å². The van der Waals surface area contributed by atoms with Crippen molar-refractivity contribution in [1.29, 1.82) is 0 Å². The van der Waals surface area contributed by atoms with E-state index >= 15 is 0 Å². The van der Waals surface area contributed by atoms with Gasteiger partial charge in [-0.05, 0) is 78.3 Å². The van der Waals surface area contributed by atoms with Crippen LogP contribution in [0.25, 0.3) is 17.2 Å². The van der Waals surface area contributed by atoms with Crippen molar-refractivity contribution in [3.8, 4) is 16.9 Å². The largest absolute Gasteiger partial charge is 0.450 e. The third kappa shape index (κ3) is 15.5. The summed E-state index contributed by atoms with van der Waals surface area (Å²) in [7, 11) is 0. The molecule has 0 radical (unpaired) electrons. The van der Waals surface area contributed by atoms with Crippen molar-refractivity contribution >= 4 is 18.0 Å². The van der Waals surface area contributed by atoms with E-state index in [9.17, 15) is 22.8 Å². The Morgan fingerprint density at radius 3 is 1.71 bits per heavy atom. The summed E-state index contributed by atoms with van der Waals surface area (Å²) < 4.78 is 50.3. The topological polar surface area (TPSA) is 52.6 Å². The normalized spacial score (nSPS) is 12.3. The first kappa shape index (κ1) is 39.6. The van der Waals surface area contributed by atoms with Gasteiger partial charge < -0.3 is 9.47 Å². The lowest BCUT2D eigenvalue weighted by atomic mass is 10.00. The Bertz CT molecular complexity index is 1390. The minimum atomic E-state index is -4.61. The molecule has 3 rings (SSSR count). The predicted molar refractivity (Wildman–Crippen MR) is 193 cm³/mol. The maximum atomic E-state index is 13.3. The van der Waals surface area contributed by atoms with Crippen LogP contribution in [0.4, 0.5) is 13.2 Å². The van der Waals surface area contributed by atoms with Gasteiger partial charge >= 0.3 is 18.1 Å². The fraction of sp³-hybridized carbons (Fsp3) is 0.476. The number of hydrogen-bond donors (Lipinski definition) is 0. The molecule has 0 fully saturated rings. The van der Waals surface area contributed by atoms with Crippen molar-refractivity contribution in [2.45, 2.75) is 129 Å². The van der Waals surface area contributed by atoms with Gasteiger partial charge in [-0.25, -0.2) is 9.59 Å². The van der Waals surface area contributed by atoms with Crippen molar-refractivity contribution in [1.82, 2.24) is 0 Å². The molecule has 49 heavy (non-hydrogen) atoms. The van der Waals surface area contributed by atoms with Crippen molar-refractivity contribution in [3.05, 3.63) is 95.6 Å². The van der Waals surface area contributed by atoms with Crippen LogP contribution < -0.4 is 4.74 Å². The Hall–Kier alpha value is -3.87. The minimum absolute atomic E-state index is 0.248. The second kappa shape index (κ2) is 22.0. The Balaban J connectivity index is 1.42. The zero-order valence-corrected chi connectivity index (χ0v) is 29.2. The summed E-state index contributed by atoms with van der Waals surface area (Å²) in [6, 6.07) is 22.2. The molecule has 3 aromatic carbocycles. The Morgan fingerprint density at radius 1 is 0.653 bits per heavy atom. The number of rotatable bonds is 22. The Morgan fingerprint density at radius 2 is 1.16 bits per heavy atom. The summed E-state index contributed by atoms with van der Waals surface area (Å²) in [5, 5.41) is 0. The van der Waals surface area contributed by atoms with E-state index in [0.717, 1.165) is 42.9 Å². The van der Waals surface area contributed by atoms with Crippen molar-refractivity contribution < 1.29 is 32.2 Å². The third-order valence-electron chi connectivity index (χ3n) is 8.67. The number of carbonyl (C=O) groups excluding carboxylic acids is 2. The molecule has 0 N–H and O–H groups in total. The molecule has 0 amide bonds. The maximum absolute atomic E-state index is 13.3. The molecule has 266 valence electrons. The van der Waals surface area contributed by atoms with Gasteiger partial charge in [0.1, 0.15) is 5.75 Å². The van der Waals surface area contributed by atoms with Gasteiger partial charge in [0, 0.05) is 6.08 Å². The molecule has 0 aliphatic heterocycles. The Labute approximate surface area is 291 Å². The number of ether oxygens (including phenoxy) is 2. The van der Waals surface area contributed by atoms with Crippen LogP contribution in [0.2, 0.25) is 0 Å². The first-order valence-corrected chi connectivity index (χ1v) is 18.2. The van der Waals surface area contributed by atoms with Crippen molar-refractivity contribution in [2.24, 2.45) is 0 Å². The monoisotopic (exact) mass is 678 g/mol. The van der Waals surface area contributed by atoms with Crippen molar-refractivity contribution in [2.75, 3.05) is 0 Å². The molecule has 0 spiro atoms. The van der Waals surface area contributed by atoms with Crippen LogP contribution in [0.15, 0.2) is 78.9 Å². The molecule has 7 heteroatoms. The molecule has 0 heterocycles. The molecule has 0 aromatic heterocycles. The molecular formula is C42H53F3O4. The molecule has 0 saturated heterocycles. The highest BCUT2D eigenvalue weighted by molar-refractivity contribution is 5.91. The molecule has 1 atom stereocenters. The average Bonchev–Trinajstić information content (AvgIpc) is 3.10. The van der Waals surface area contributed by atoms with E-state index in [1.165, 1.54) is 69.4 Å². The molecule has 3 aromatic rings. The van der Waals surface area contributed by atoms with E-state index in [4.69, 9.17) is 9.47 Å². The van der Waals surface area contributed by atoms with Crippen LogP contribution in [0.1, 0.15) is 132 Å². The first-order chi connectivity index (χ1) is 23.7. The lowest BCUT2D eigenvalue weighted by molar-refractivity contribution is -0.220. The number of carbonyl (C=O) groups is 2. The SMILES string of the molecule is CCCCCCCCCCCc1ccc(-c2ccc(C(=O)Oc3ccc(C=CC(=O)O[C@H](CCCCCCC)C(F)(F)F)cc3)cc2)cc1. The van der Waals surface area contributed by atoms with Gasteiger partial charge in [0.25, 0.3) is 0 Å². The van der Waals surface area contributed by atoms with Gasteiger partial charge in [0.15, 0.2) is 6.10 Å². The summed E-state index contributed by atoms with van der Waals surface area (Å²) in [6.07, 6.45) is 12.2. The molecule has 0 aliphatic rings. The second-order valence-electron chi connectivity index (χ2n) is 12.8. The zero-order valence-electron chi connectivity index (χ0n) is 29.2. The quantitative estimate of drug-likeness (QED) is 0.0459. The first-order valence-electron chi connectivity index (χ1n) is 18.2. The van der Waals surface area contributed by atoms with E-state index in [0.29, 0.717) is 29.7 Å². The number of halogens is 3. The van der Waals surface area contributed by atoms with E-state index in [1.54, 1.807) is 36.4 Å². The average molecular weight is 679 g/mol. The van der Waals surface area contributed by atoms with E-state index in [2.05, 4.69) is 31.2 Å². The Kier molecular flexibility index (Phi) is 17.7. The minimum Gasteiger partial charge on any atom is -0.450 e. The highest BCUT2D eigenvalue weighted by atomic mass is 19.4. The number of esters is 2. The number of benzene rings is 3. The van der Waals surface area contributed by atoms with Crippen LogP contribution in [0.3, 0.4) is 0 Å². The summed E-state index contributed by atoms with van der Waals surface area (Å²) in [4.78, 5) is 24.9. The van der Waals surface area contributed by atoms with Crippen LogP contribution in [-0.4, -0.2) is 24.2 Å². The smallest absolute Gasteiger partial charge is 0.425 e. The molecule has 0 unspecified atom stereocenters. The predicted octanol–water partition coefficient (Wildman–Crippen LogP) is 12.5. The molecule has 0 saturated carbocycles. The highest BCUT2D eigenvalue weighted by Crippen LogP contribution is 2.28. The van der Waals surface area contributed by atoms with Gasteiger partial charge in [-0.15, -0.1) is 0 Å². The number of alkyl halides is 3. The fourth-order valence-electron chi connectivity index (χ4n) is 5.68. The summed E-state index contributed by atoms with van der Waals surface area (Å²) in [6.45, 7) is 4.28. The summed E-state index contributed by atoms with van der Waals surface area (Å²) in [5.41, 5.74) is 4.38. The van der Waals surface area contributed by atoms with E-state index in [1.807, 2.05) is 19.1 Å². The molecule has 0 aliphatic carbocycles. The van der Waals surface area contributed by atoms with E-state index in [-0.39, 0.29) is 6.42 Å². The molecule has 4 nitrogen and oxygen atoms in total. The van der Waals surface area contributed by atoms with E-state index < -0.39 is 24.2 Å². The standard InChI is InChI=1S/C42H53F3O4/c1-3-5-7-9-10-11-12-14-15-17-33-19-24-35(25-20-33)36-26-28-37(29-27-36)41(47)48-38-30-21-34(22-31-38)23-32-40(46)49-39(42(43,44)45)18-16-13-8-6-4-2/h19-32,39H,3-18H2,1-2H3/t39-/m1/s1. The second-order valence-corrected chi connectivity index (χ2v) is 12.8. The number of hydrogen-bond acceptors (Lipinski definition) is 4. The maximum Gasteiger partial charge on any atom is 0.425 e. The lowest BCUT2D eigenvalue weighted by Gasteiger charge is -2.19.